The van der Waals surface area contributed by atoms with Gasteiger partial charge in [0.1, 0.15) is 6.23 Å². The van der Waals surface area contributed by atoms with Crippen LogP contribution in [0.3, 0.4) is 0 Å². The van der Waals surface area contributed by atoms with E-state index in [9.17, 15) is 9.59 Å². The summed E-state index contributed by atoms with van der Waals surface area (Å²) in [6, 6.07) is 0. The second kappa shape index (κ2) is 4.48. The molecule has 0 aromatic carbocycles. The molecule has 5 nitrogen and oxygen atoms in total. The maximum atomic E-state index is 11.5. The lowest BCUT2D eigenvalue weighted by molar-refractivity contribution is -0.0350. The molecular weight excluding hydrogens is 311 g/mol. The quantitative estimate of drug-likeness (QED) is 0.780. The van der Waals surface area contributed by atoms with Gasteiger partial charge in [0.2, 0.25) is 0 Å². The van der Waals surface area contributed by atoms with Crippen molar-refractivity contribution in [2.45, 2.75) is 25.5 Å². The van der Waals surface area contributed by atoms with Gasteiger partial charge < -0.3 is 4.74 Å². The molecule has 1 aromatic rings. The first-order valence-corrected chi connectivity index (χ1v) is 5.89. The molecule has 1 aliphatic heterocycles. The minimum Gasteiger partial charge on any atom is -0.358 e. The Balaban J connectivity index is 2.39. The largest absolute Gasteiger partial charge is 0.358 e. The predicted molar refractivity (Wildman–Crippen MR) is 62.9 cm³/mol. The molecule has 0 saturated carbocycles. The molecule has 6 heteroatoms. The molecule has 0 aliphatic carbocycles. The molecule has 0 radical (unpaired) electrons. The van der Waals surface area contributed by atoms with Crippen molar-refractivity contribution in [3.63, 3.8) is 0 Å². The molecule has 0 spiro atoms. The van der Waals surface area contributed by atoms with Crippen LogP contribution in [-0.4, -0.2) is 16.2 Å². The van der Waals surface area contributed by atoms with E-state index in [1.165, 1.54) is 4.57 Å². The first-order chi connectivity index (χ1) is 7.18. The van der Waals surface area contributed by atoms with Gasteiger partial charge in [-0.15, -0.1) is 0 Å². The Bertz CT molecular complexity index is 459. The standard InChI is InChI=1S/C9H11IN2O3/c10-6-5-12(9(14)11-8(6)13)7-3-1-2-4-15-7/h5,7H,1-4H2,(H,11,13,14)/t7-/m1/s1. The summed E-state index contributed by atoms with van der Waals surface area (Å²) in [5.74, 6) is 0. The SMILES string of the molecule is O=c1[nH]c(=O)n([C@H]2CCCCO2)cc1I. The number of aromatic nitrogens is 2. The van der Waals surface area contributed by atoms with Crippen LogP contribution in [0.25, 0.3) is 0 Å². The highest BCUT2D eigenvalue weighted by Gasteiger charge is 2.17. The van der Waals surface area contributed by atoms with E-state index < -0.39 is 5.69 Å². The maximum absolute atomic E-state index is 11.5. The third-order valence-corrected chi connectivity index (χ3v) is 3.16. The van der Waals surface area contributed by atoms with Gasteiger partial charge in [0.15, 0.2) is 0 Å². The molecule has 15 heavy (non-hydrogen) atoms. The Morgan fingerprint density at radius 3 is 2.93 bits per heavy atom. The zero-order valence-electron chi connectivity index (χ0n) is 8.03. The Morgan fingerprint density at radius 2 is 2.27 bits per heavy atom. The number of H-pyrrole nitrogens is 1. The summed E-state index contributed by atoms with van der Waals surface area (Å²) in [6.07, 6.45) is 4.23. The van der Waals surface area contributed by atoms with Crippen LogP contribution in [0.1, 0.15) is 25.5 Å². The molecule has 1 aliphatic rings. The molecular formula is C9H11IN2O3. The van der Waals surface area contributed by atoms with E-state index in [0.29, 0.717) is 10.2 Å². The van der Waals surface area contributed by atoms with Gasteiger partial charge in [-0.1, -0.05) is 0 Å². The van der Waals surface area contributed by atoms with Crippen molar-refractivity contribution in [2.75, 3.05) is 6.61 Å². The highest BCUT2D eigenvalue weighted by Crippen LogP contribution is 2.20. The molecule has 0 unspecified atom stereocenters. The van der Waals surface area contributed by atoms with Gasteiger partial charge in [0, 0.05) is 12.8 Å². The van der Waals surface area contributed by atoms with Crippen molar-refractivity contribution in [1.29, 1.82) is 0 Å². The van der Waals surface area contributed by atoms with Crippen molar-refractivity contribution in [2.24, 2.45) is 0 Å². The average molecular weight is 322 g/mol. The van der Waals surface area contributed by atoms with Crippen molar-refractivity contribution >= 4 is 22.6 Å². The number of nitrogens with one attached hydrogen (secondary N) is 1. The van der Waals surface area contributed by atoms with Crippen LogP contribution in [0.15, 0.2) is 15.8 Å². The van der Waals surface area contributed by atoms with Gasteiger partial charge in [0.05, 0.1) is 3.57 Å². The molecule has 82 valence electrons. The highest BCUT2D eigenvalue weighted by molar-refractivity contribution is 14.1. The van der Waals surface area contributed by atoms with Gasteiger partial charge in [-0.3, -0.25) is 14.3 Å². The van der Waals surface area contributed by atoms with Crippen molar-refractivity contribution in [1.82, 2.24) is 9.55 Å². The summed E-state index contributed by atoms with van der Waals surface area (Å²) in [6.45, 7) is 0.673. The van der Waals surface area contributed by atoms with Gasteiger partial charge in [-0.05, 0) is 41.9 Å². The van der Waals surface area contributed by atoms with Crippen LogP contribution in [0, 0.1) is 3.57 Å². The maximum Gasteiger partial charge on any atom is 0.330 e. The van der Waals surface area contributed by atoms with E-state index in [-0.39, 0.29) is 11.8 Å². The summed E-state index contributed by atoms with van der Waals surface area (Å²) >= 11 is 1.90. The van der Waals surface area contributed by atoms with E-state index >= 15 is 0 Å². The summed E-state index contributed by atoms with van der Waals surface area (Å²) in [4.78, 5) is 24.9. The Labute approximate surface area is 99.6 Å². The first-order valence-electron chi connectivity index (χ1n) is 4.81. The van der Waals surface area contributed by atoms with Crippen LogP contribution in [0.2, 0.25) is 0 Å². The second-order valence-corrected chi connectivity index (χ2v) is 4.63. The molecule has 0 bridgehead atoms. The Hall–Kier alpha value is -0.630. The van der Waals surface area contributed by atoms with Gasteiger partial charge in [0.25, 0.3) is 5.56 Å². The minimum atomic E-state index is -0.396. The van der Waals surface area contributed by atoms with E-state index in [2.05, 4.69) is 4.98 Å². The van der Waals surface area contributed by atoms with Crippen LogP contribution >= 0.6 is 22.6 Å². The first kappa shape index (κ1) is 10.9. The number of rotatable bonds is 1. The van der Waals surface area contributed by atoms with E-state index in [1.54, 1.807) is 6.20 Å². The van der Waals surface area contributed by atoms with Gasteiger partial charge in [-0.2, -0.15) is 0 Å². The average Bonchev–Trinajstić information content (AvgIpc) is 2.25. The fourth-order valence-corrected chi connectivity index (χ4v) is 2.05. The molecule has 1 atom stereocenters. The minimum absolute atomic E-state index is 0.225. The third kappa shape index (κ3) is 2.31. The fourth-order valence-electron chi connectivity index (χ4n) is 1.62. The smallest absolute Gasteiger partial charge is 0.330 e. The van der Waals surface area contributed by atoms with Gasteiger partial charge >= 0.3 is 5.69 Å². The lowest BCUT2D eigenvalue weighted by Gasteiger charge is -2.24. The Kier molecular flexibility index (Phi) is 3.25. The molecule has 1 aromatic heterocycles. The normalized spacial score (nSPS) is 21.5. The number of aromatic amines is 1. The van der Waals surface area contributed by atoms with Crippen LogP contribution < -0.4 is 11.2 Å². The fraction of sp³-hybridized carbons (Fsp3) is 0.556. The number of hydrogen-bond donors (Lipinski definition) is 1. The second-order valence-electron chi connectivity index (χ2n) is 3.46. The molecule has 0 amide bonds. The zero-order valence-corrected chi connectivity index (χ0v) is 10.2. The summed E-state index contributed by atoms with van der Waals surface area (Å²) in [5.41, 5.74) is -0.736. The number of halogens is 1. The van der Waals surface area contributed by atoms with Crippen molar-refractivity contribution in [3.8, 4) is 0 Å². The van der Waals surface area contributed by atoms with E-state index in [4.69, 9.17) is 4.74 Å². The molecule has 1 saturated heterocycles. The summed E-state index contributed by atoms with van der Waals surface area (Å²) in [7, 11) is 0. The molecule has 2 heterocycles. The van der Waals surface area contributed by atoms with E-state index in [0.717, 1.165) is 19.3 Å². The zero-order chi connectivity index (χ0) is 10.8. The Morgan fingerprint density at radius 1 is 1.47 bits per heavy atom. The lowest BCUT2D eigenvalue weighted by atomic mass is 10.2. The van der Waals surface area contributed by atoms with Crippen molar-refractivity contribution < 1.29 is 4.74 Å². The third-order valence-electron chi connectivity index (χ3n) is 2.39. The van der Waals surface area contributed by atoms with Gasteiger partial charge in [-0.25, -0.2) is 4.79 Å². The summed E-state index contributed by atoms with van der Waals surface area (Å²) < 4.78 is 7.44. The van der Waals surface area contributed by atoms with Crippen LogP contribution in [0.5, 0.6) is 0 Å². The predicted octanol–water partition coefficient (Wildman–Crippen LogP) is 0.840. The van der Waals surface area contributed by atoms with E-state index in [1.807, 2.05) is 22.6 Å². The number of nitrogens with zero attached hydrogens (tertiary/aromatic N) is 1. The number of ether oxygens (including phenoxy) is 1. The molecule has 1 N–H and O–H groups in total. The van der Waals surface area contributed by atoms with Crippen LogP contribution in [0.4, 0.5) is 0 Å². The summed E-state index contributed by atoms with van der Waals surface area (Å²) in [5, 5.41) is 0. The molecule has 1 fully saturated rings. The monoisotopic (exact) mass is 322 g/mol. The topological polar surface area (TPSA) is 64.1 Å². The molecule has 2 rings (SSSR count). The van der Waals surface area contributed by atoms with Crippen molar-refractivity contribution in [3.05, 3.63) is 30.6 Å². The lowest BCUT2D eigenvalue weighted by Crippen LogP contribution is -2.35. The highest BCUT2D eigenvalue weighted by atomic mass is 127. The van der Waals surface area contributed by atoms with Crippen LogP contribution in [-0.2, 0) is 4.74 Å². The number of hydrogen-bond acceptors (Lipinski definition) is 3.